The van der Waals surface area contributed by atoms with Crippen LogP contribution in [0.15, 0.2) is 24.3 Å². The fourth-order valence-corrected chi connectivity index (χ4v) is 2.64. The van der Waals surface area contributed by atoms with E-state index in [1.165, 1.54) is 0 Å². The highest BCUT2D eigenvalue weighted by molar-refractivity contribution is 6.30. The van der Waals surface area contributed by atoms with Gasteiger partial charge in [0.05, 0.1) is 6.61 Å². The third-order valence-corrected chi connectivity index (χ3v) is 3.99. The number of carbonyl (C=O) groups excluding carboxylic acids is 1. The van der Waals surface area contributed by atoms with Crippen molar-refractivity contribution in [2.75, 3.05) is 33.3 Å². The zero-order valence-electron chi connectivity index (χ0n) is 12.5. The van der Waals surface area contributed by atoms with Crippen LogP contribution in [-0.4, -0.2) is 44.1 Å². The molecule has 2 rings (SSSR count). The van der Waals surface area contributed by atoms with E-state index in [0.717, 1.165) is 38.2 Å². The standard InChI is InChI=1S/C16H23ClN2O2/c1-19(16(20)10-13-6-7-18-12-13)8-3-9-21-15-5-2-4-14(17)11-15/h2,4-5,11,13,18H,3,6-10,12H2,1H3. The van der Waals surface area contributed by atoms with Gasteiger partial charge in [0, 0.05) is 25.0 Å². The van der Waals surface area contributed by atoms with Gasteiger partial charge in [-0.25, -0.2) is 0 Å². The van der Waals surface area contributed by atoms with Crippen LogP contribution in [-0.2, 0) is 4.79 Å². The summed E-state index contributed by atoms with van der Waals surface area (Å²) in [6.45, 7) is 3.31. The summed E-state index contributed by atoms with van der Waals surface area (Å²) < 4.78 is 5.62. The summed E-state index contributed by atoms with van der Waals surface area (Å²) in [6, 6.07) is 7.36. The maximum atomic E-state index is 12.0. The molecule has 0 aliphatic carbocycles. The van der Waals surface area contributed by atoms with E-state index in [-0.39, 0.29) is 5.91 Å². The minimum atomic E-state index is 0.228. The van der Waals surface area contributed by atoms with Gasteiger partial charge in [-0.3, -0.25) is 4.79 Å². The SMILES string of the molecule is CN(CCCOc1cccc(Cl)c1)C(=O)CC1CCNC1. The number of halogens is 1. The van der Waals surface area contributed by atoms with Crippen LogP contribution in [0.4, 0.5) is 0 Å². The van der Waals surface area contributed by atoms with E-state index >= 15 is 0 Å². The largest absolute Gasteiger partial charge is 0.493 e. The number of nitrogens with zero attached hydrogens (tertiary/aromatic N) is 1. The van der Waals surface area contributed by atoms with Crippen molar-refractivity contribution in [1.29, 1.82) is 0 Å². The molecule has 4 nitrogen and oxygen atoms in total. The average Bonchev–Trinajstić information content (AvgIpc) is 2.96. The van der Waals surface area contributed by atoms with Crippen LogP contribution in [0.3, 0.4) is 0 Å². The van der Waals surface area contributed by atoms with Crippen molar-refractivity contribution in [2.45, 2.75) is 19.3 Å². The molecule has 116 valence electrons. The summed E-state index contributed by atoms with van der Waals surface area (Å²) in [7, 11) is 1.87. The quantitative estimate of drug-likeness (QED) is 0.787. The van der Waals surface area contributed by atoms with Gasteiger partial charge in [0.2, 0.25) is 5.91 Å². The lowest BCUT2D eigenvalue weighted by Crippen LogP contribution is -2.30. The number of nitrogens with one attached hydrogen (secondary N) is 1. The highest BCUT2D eigenvalue weighted by Crippen LogP contribution is 2.17. The van der Waals surface area contributed by atoms with Gasteiger partial charge >= 0.3 is 0 Å². The molecule has 1 amide bonds. The molecular weight excluding hydrogens is 288 g/mol. The molecular formula is C16H23ClN2O2. The first kappa shape index (κ1) is 16.1. The van der Waals surface area contributed by atoms with E-state index in [1.807, 2.05) is 25.2 Å². The highest BCUT2D eigenvalue weighted by Gasteiger charge is 2.19. The van der Waals surface area contributed by atoms with Crippen molar-refractivity contribution in [3.05, 3.63) is 29.3 Å². The van der Waals surface area contributed by atoms with Crippen LogP contribution in [0.2, 0.25) is 5.02 Å². The van der Waals surface area contributed by atoms with E-state index < -0.39 is 0 Å². The lowest BCUT2D eigenvalue weighted by atomic mass is 10.0. The first-order valence-corrected chi connectivity index (χ1v) is 7.86. The molecule has 1 aliphatic rings. The van der Waals surface area contributed by atoms with Crippen molar-refractivity contribution < 1.29 is 9.53 Å². The molecule has 1 fully saturated rings. The van der Waals surface area contributed by atoms with E-state index in [1.54, 1.807) is 11.0 Å². The smallest absolute Gasteiger partial charge is 0.222 e. The molecule has 21 heavy (non-hydrogen) atoms. The molecule has 0 spiro atoms. The summed E-state index contributed by atoms with van der Waals surface area (Å²) in [4.78, 5) is 13.9. The predicted octanol–water partition coefficient (Wildman–Crippen LogP) is 2.57. The van der Waals surface area contributed by atoms with E-state index in [0.29, 0.717) is 24.0 Å². The number of carbonyl (C=O) groups is 1. The van der Waals surface area contributed by atoms with Crippen LogP contribution in [0, 0.1) is 5.92 Å². The molecule has 1 aromatic rings. The Kier molecular flexibility index (Phi) is 6.33. The number of rotatable bonds is 7. The van der Waals surface area contributed by atoms with Gasteiger partial charge < -0.3 is 15.0 Å². The monoisotopic (exact) mass is 310 g/mol. The molecule has 5 heteroatoms. The first-order chi connectivity index (χ1) is 10.1. The second kappa shape index (κ2) is 8.25. The number of amides is 1. The molecule has 0 radical (unpaired) electrons. The van der Waals surface area contributed by atoms with Gasteiger partial charge in [-0.05, 0) is 50.0 Å². The topological polar surface area (TPSA) is 41.6 Å². The van der Waals surface area contributed by atoms with Crippen molar-refractivity contribution in [3.8, 4) is 5.75 Å². The Labute approximate surface area is 131 Å². The summed E-state index contributed by atoms with van der Waals surface area (Å²) in [5, 5.41) is 3.96. The Morgan fingerprint density at radius 1 is 1.52 bits per heavy atom. The van der Waals surface area contributed by atoms with Gasteiger partial charge in [-0.2, -0.15) is 0 Å². The van der Waals surface area contributed by atoms with Crippen molar-refractivity contribution in [3.63, 3.8) is 0 Å². The summed E-state index contributed by atoms with van der Waals surface area (Å²) in [6.07, 6.45) is 2.58. The minimum absolute atomic E-state index is 0.228. The van der Waals surface area contributed by atoms with Gasteiger partial charge in [-0.1, -0.05) is 17.7 Å². The summed E-state index contributed by atoms with van der Waals surface area (Å²) in [5.74, 6) is 1.50. The van der Waals surface area contributed by atoms with Gasteiger partial charge in [-0.15, -0.1) is 0 Å². The van der Waals surface area contributed by atoms with Crippen LogP contribution < -0.4 is 10.1 Å². The Bertz CT molecular complexity index is 461. The van der Waals surface area contributed by atoms with Crippen LogP contribution in [0.1, 0.15) is 19.3 Å². The number of ether oxygens (including phenoxy) is 1. The lowest BCUT2D eigenvalue weighted by molar-refractivity contribution is -0.130. The van der Waals surface area contributed by atoms with E-state index in [4.69, 9.17) is 16.3 Å². The number of benzene rings is 1. The first-order valence-electron chi connectivity index (χ1n) is 7.48. The van der Waals surface area contributed by atoms with E-state index in [2.05, 4.69) is 5.32 Å². The van der Waals surface area contributed by atoms with Crippen LogP contribution in [0.25, 0.3) is 0 Å². The summed E-state index contributed by atoms with van der Waals surface area (Å²) >= 11 is 5.89. The Morgan fingerprint density at radius 2 is 2.38 bits per heavy atom. The van der Waals surface area contributed by atoms with Gasteiger partial charge in [0.1, 0.15) is 5.75 Å². The summed E-state index contributed by atoms with van der Waals surface area (Å²) in [5.41, 5.74) is 0. The second-order valence-corrected chi connectivity index (χ2v) is 5.97. The highest BCUT2D eigenvalue weighted by atomic mass is 35.5. The second-order valence-electron chi connectivity index (χ2n) is 5.54. The fraction of sp³-hybridized carbons (Fsp3) is 0.562. The predicted molar refractivity (Wildman–Crippen MR) is 84.8 cm³/mol. The normalized spacial score (nSPS) is 17.7. The minimum Gasteiger partial charge on any atom is -0.493 e. The number of hydrogen-bond acceptors (Lipinski definition) is 3. The third kappa shape index (κ3) is 5.56. The molecule has 0 bridgehead atoms. The number of hydrogen-bond donors (Lipinski definition) is 1. The zero-order valence-corrected chi connectivity index (χ0v) is 13.2. The van der Waals surface area contributed by atoms with Crippen molar-refractivity contribution >= 4 is 17.5 Å². The third-order valence-electron chi connectivity index (χ3n) is 3.75. The zero-order chi connectivity index (χ0) is 15.1. The van der Waals surface area contributed by atoms with Crippen LogP contribution in [0.5, 0.6) is 5.75 Å². The molecule has 1 atom stereocenters. The Hall–Kier alpha value is -1.26. The molecule has 1 saturated heterocycles. The Morgan fingerprint density at radius 3 is 3.10 bits per heavy atom. The Balaban J connectivity index is 1.62. The lowest BCUT2D eigenvalue weighted by Gasteiger charge is -2.19. The molecule has 1 aromatic carbocycles. The van der Waals surface area contributed by atoms with Gasteiger partial charge in [0.15, 0.2) is 0 Å². The maximum Gasteiger partial charge on any atom is 0.222 e. The van der Waals surface area contributed by atoms with Crippen molar-refractivity contribution in [2.24, 2.45) is 5.92 Å². The molecule has 1 heterocycles. The molecule has 1 N–H and O–H groups in total. The fourth-order valence-electron chi connectivity index (χ4n) is 2.46. The average molecular weight is 311 g/mol. The van der Waals surface area contributed by atoms with E-state index in [9.17, 15) is 4.79 Å². The molecule has 0 aromatic heterocycles. The van der Waals surface area contributed by atoms with Gasteiger partial charge in [0.25, 0.3) is 0 Å². The molecule has 1 unspecified atom stereocenters. The molecule has 0 saturated carbocycles. The van der Waals surface area contributed by atoms with Crippen LogP contribution >= 0.6 is 11.6 Å². The molecule has 1 aliphatic heterocycles. The maximum absolute atomic E-state index is 12.0. The van der Waals surface area contributed by atoms with Crippen molar-refractivity contribution in [1.82, 2.24) is 10.2 Å².